The number of aliphatic carboxylic acids is 1. The third-order valence-corrected chi connectivity index (χ3v) is 7.35. The van der Waals surface area contributed by atoms with Gasteiger partial charge in [0.15, 0.2) is 0 Å². The first kappa shape index (κ1) is 23.4. The Kier molecular flexibility index (Phi) is 7.81. The van der Waals surface area contributed by atoms with E-state index in [2.05, 4.69) is 70.2 Å². The molecule has 1 saturated carbocycles. The molecule has 28 heavy (non-hydrogen) atoms. The molecule has 2 aliphatic carbocycles. The van der Waals surface area contributed by atoms with Gasteiger partial charge < -0.3 is 9.90 Å². The van der Waals surface area contributed by atoms with Crippen LogP contribution in [0.1, 0.15) is 65.4 Å². The Balaban J connectivity index is 0.00000280. The molecule has 0 bridgehead atoms. The predicted molar refractivity (Wildman–Crippen MR) is 109 cm³/mol. The van der Waals surface area contributed by atoms with Crippen molar-refractivity contribution >= 4 is 5.97 Å². The Morgan fingerprint density at radius 1 is 1.18 bits per heavy atom. The summed E-state index contributed by atoms with van der Waals surface area (Å²) in [5.41, 5.74) is 3.04. The van der Waals surface area contributed by atoms with Gasteiger partial charge in [0, 0.05) is 11.3 Å². The minimum Gasteiger partial charge on any atom is -0.545 e. The Hall–Kier alpha value is -0.830. The molecule has 1 fully saturated rings. The van der Waals surface area contributed by atoms with Crippen LogP contribution in [-0.2, 0) is 4.79 Å². The summed E-state index contributed by atoms with van der Waals surface area (Å²) in [7, 11) is 0. The molecule has 6 atom stereocenters. The van der Waals surface area contributed by atoms with Crippen molar-refractivity contribution in [1.82, 2.24) is 0 Å². The molecule has 1 aromatic carbocycles. The van der Waals surface area contributed by atoms with E-state index >= 15 is 0 Å². The fourth-order valence-electron chi connectivity index (χ4n) is 6.36. The summed E-state index contributed by atoms with van der Waals surface area (Å²) in [5.74, 6) is 1.41. The van der Waals surface area contributed by atoms with Crippen LogP contribution in [-0.4, -0.2) is 5.97 Å². The molecule has 0 spiro atoms. The number of benzene rings is 1. The number of hydrogen-bond acceptors (Lipinski definition) is 2. The van der Waals surface area contributed by atoms with Gasteiger partial charge in [-0.15, -0.1) is 0 Å². The number of hydrogen-bond donors (Lipinski definition) is 0. The third kappa shape index (κ3) is 3.93. The maximum atomic E-state index is 11.6. The standard InChI is InChI=1S/C25H34O2.Na/c1-6-19-14-21(20-11-9-8-10-12-20)25(7-2,15-18(5)24(26)27)23-17(4)13-16(3)22(19)23;/h8-12,14-17,21-23H,6-7,13H2,1-5H3,(H,26,27);/q;+1/p-1/b18-15+;/t16-,17-,21+,22+,23-,25-;/m0./s1. The normalized spacial score (nSPS) is 35.0. The van der Waals surface area contributed by atoms with Crippen LogP contribution in [0, 0.1) is 29.1 Å². The van der Waals surface area contributed by atoms with Gasteiger partial charge in [-0.05, 0) is 61.0 Å². The Morgan fingerprint density at radius 3 is 2.36 bits per heavy atom. The minimum atomic E-state index is -1.05. The average molecular weight is 389 g/mol. The molecule has 0 aromatic heterocycles. The van der Waals surface area contributed by atoms with Crippen molar-refractivity contribution < 1.29 is 39.5 Å². The van der Waals surface area contributed by atoms with Gasteiger partial charge in [0.1, 0.15) is 0 Å². The average Bonchev–Trinajstić information content (AvgIpc) is 2.97. The molecule has 2 aliphatic rings. The van der Waals surface area contributed by atoms with E-state index in [9.17, 15) is 9.90 Å². The molecule has 0 saturated heterocycles. The van der Waals surface area contributed by atoms with Gasteiger partial charge in [-0.1, -0.05) is 75.8 Å². The zero-order chi connectivity index (χ0) is 19.8. The summed E-state index contributed by atoms with van der Waals surface area (Å²) < 4.78 is 0. The molecule has 0 amide bonds. The topological polar surface area (TPSA) is 40.1 Å². The number of carbonyl (C=O) groups is 1. The molecule has 0 unspecified atom stereocenters. The molecule has 3 heteroatoms. The Labute approximate surface area is 192 Å². The fourth-order valence-corrected chi connectivity index (χ4v) is 6.36. The number of fused-ring (bicyclic) bond motifs is 1. The third-order valence-electron chi connectivity index (χ3n) is 7.35. The van der Waals surface area contributed by atoms with Crippen LogP contribution in [0.4, 0.5) is 0 Å². The SMILES string of the molecule is CCC1=C[C@H](c2ccccc2)[C@@](/C=C(\C)C(=O)[O-])(CC)[C@@H]2[C@@H]1[C@@H](C)C[C@@H]2C.[Na+]. The first-order valence-electron chi connectivity index (χ1n) is 10.5. The first-order chi connectivity index (χ1) is 12.9. The van der Waals surface area contributed by atoms with E-state index in [1.807, 2.05) is 0 Å². The van der Waals surface area contributed by atoms with Crippen molar-refractivity contribution in [2.24, 2.45) is 29.1 Å². The first-order valence-corrected chi connectivity index (χ1v) is 10.5. The quantitative estimate of drug-likeness (QED) is 0.440. The number of carboxylic acids is 1. The van der Waals surface area contributed by atoms with Crippen LogP contribution < -0.4 is 34.7 Å². The monoisotopic (exact) mass is 388 g/mol. The number of rotatable bonds is 5. The van der Waals surface area contributed by atoms with Crippen molar-refractivity contribution in [1.29, 1.82) is 0 Å². The van der Waals surface area contributed by atoms with E-state index in [1.165, 1.54) is 12.0 Å². The fraction of sp³-hybridized carbons (Fsp3) is 0.560. The van der Waals surface area contributed by atoms with Crippen molar-refractivity contribution in [2.45, 2.75) is 59.8 Å². The second-order valence-electron chi connectivity index (χ2n) is 8.81. The van der Waals surface area contributed by atoms with E-state index in [1.54, 1.807) is 12.5 Å². The maximum Gasteiger partial charge on any atom is 1.00 e. The zero-order valence-corrected chi connectivity index (χ0v) is 20.4. The van der Waals surface area contributed by atoms with Gasteiger partial charge in [-0.2, -0.15) is 0 Å². The van der Waals surface area contributed by atoms with Gasteiger partial charge in [0.2, 0.25) is 0 Å². The van der Waals surface area contributed by atoms with Gasteiger partial charge in [-0.3, -0.25) is 0 Å². The molecule has 146 valence electrons. The second-order valence-corrected chi connectivity index (χ2v) is 8.81. The van der Waals surface area contributed by atoms with Crippen LogP contribution in [0.5, 0.6) is 0 Å². The van der Waals surface area contributed by atoms with Gasteiger partial charge in [0.25, 0.3) is 0 Å². The van der Waals surface area contributed by atoms with E-state index in [-0.39, 0.29) is 40.9 Å². The van der Waals surface area contributed by atoms with Crippen LogP contribution in [0.15, 0.2) is 53.6 Å². The Morgan fingerprint density at radius 2 is 1.82 bits per heavy atom. The van der Waals surface area contributed by atoms with Crippen molar-refractivity contribution in [3.8, 4) is 0 Å². The number of carbonyl (C=O) groups excluding carboxylic acids is 1. The predicted octanol–water partition coefficient (Wildman–Crippen LogP) is 2.13. The second kappa shape index (κ2) is 9.32. The molecule has 0 N–H and O–H groups in total. The summed E-state index contributed by atoms with van der Waals surface area (Å²) in [6.45, 7) is 10.9. The van der Waals surface area contributed by atoms with Crippen LogP contribution in [0.25, 0.3) is 0 Å². The summed E-state index contributed by atoms with van der Waals surface area (Å²) in [6.07, 6.45) is 7.77. The Bertz CT molecular complexity index is 751. The molecular formula is C25H33NaO2. The summed E-state index contributed by atoms with van der Waals surface area (Å²) in [5, 5.41) is 11.6. The molecule has 2 nitrogen and oxygen atoms in total. The smallest absolute Gasteiger partial charge is 0.545 e. The molecule has 0 radical (unpaired) electrons. The molecule has 0 aliphatic heterocycles. The van der Waals surface area contributed by atoms with Crippen LogP contribution in [0.2, 0.25) is 0 Å². The molecule has 1 aromatic rings. The number of allylic oxidation sites excluding steroid dienone is 3. The maximum absolute atomic E-state index is 11.6. The molecular weight excluding hydrogens is 355 g/mol. The van der Waals surface area contributed by atoms with Gasteiger partial charge >= 0.3 is 29.6 Å². The van der Waals surface area contributed by atoms with Crippen molar-refractivity contribution in [3.63, 3.8) is 0 Å². The minimum absolute atomic E-state index is 0. The zero-order valence-electron chi connectivity index (χ0n) is 18.4. The van der Waals surface area contributed by atoms with E-state index in [0.29, 0.717) is 29.2 Å². The van der Waals surface area contributed by atoms with Gasteiger partial charge in [-0.25, -0.2) is 0 Å². The number of carboxylic acid groups (broad SMARTS) is 1. The van der Waals surface area contributed by atoms with Crippen LogP contribution in [0.3, 0.4) is 0 Å². The molecule has 0 heterocycles. The van der Waals surface area contributed by atoms with E-state index in [4.69, 9.17) is 0 Å². The van der Waals surface area contributed by atoms with Crippen molar-refractivity contribution in [2.75, 3.05) is 0 Å². The summed E-state index contributed by atoms with van der Waals surface area (Å²) in [4.78, 5) is 11.6. The molecule has 3 rings (SSSR count). The van der Waals surface area contributed by atoms with E-state index < -0.39 is 5.97 Å². The van der Waals surface area contributed by atoms with E-state index in [0.717, 1.165) is 12.8 Å². The van der Waals surface area contributed by atoms with Crippen LogP contribution >= 0.6 is 0 Å². The largest absolute Gasteiger partial charge is 1.00 e. The van der Waals surface area contributed by atoms with Gasteiger partial charge in [0.05, 0.1) is 5.97 Å². The van der Waals surface area contributed by atoms with Crippen molar-refractivity contribution in [3.05, 3.63) is 59.2 Å². The summed E-state index contributed by atoms with van der Waals surface area (Å²) in [6, 6.07) is 10.6. The summed E-state index contributed by atoms with van der Waals surface area (Å²) >= 11 is 0.